The molecule has 1 aliphatic rings. The molecular formula is C26H22O3S. The average Bonchev–Trinajstić information content (AvgIpc) is 2.83. The predicted octanol–water partition coefficient (Wildman–Crippen LogP) is 4.34. The van der Waals surface area contributed by atoms with E-state index < -0.39 is 21.5 Å². The Morgan fingerprint density at radius 1 is 0.633 bits per heavy atom. The van der Waals surface area contributed by atoms with Gasteiger partial charge in [-0.25, -0.2) is 0 Å². The maximum Gasteiger partial charge on any atom is 0.142 e. The highest BCUT2D eigenvalue weighted by molar-refractivity contribution is 8.03. The molecule has 1 aliphatic heterocycles. The minimum atomic E-state index is -3.24. The van der Waals surface area contributed by atoms with Gasteiger partial charge in [0.05, 0.1) is 0 Å². The van der Waals surface area contributed by atoms with Gasteiger partial charge in [0, 0.05) is 20.9 Å². The van der Waals surface area contributed by atoms with Crippen LogP contribution in [0.1, 0.15) is 16.7 Å². The van der Waals surface area contributed by atoms with E-state index >= 15 is 0 Å². The highest BCUT2D eigenvalue weighted by Gasteiger charge is 2.45. The fourth-order valence-electron chi connectivity index (χ4n) is 4.46. The Morgan fingerprint density at radius 2 is 1.10 bits per heavy atom. The summed E-state index contributed by atoms with van der Waals surface area (Å²) in [6.07, 6.45) is 0. The van der Waals surface area contributed by atoms with Gasteiger partial charge in [-0.15, -0.1) is 0 Å². The van der Waals surface area contributed by atoms with Crippen molar-refractivity contribution in [1.29, 1.82) is 0 Å². The van der Waals surface area contributed by atoms with Crippen molar-refractivity contribution in [3.63, 3.8) is 0 Å². The van der Waals surface area contributed by atoms with Crippen molar-refractivity contribution in [3.05, 3.63) is 120 Å². The molecule has 0 bridgehead atoms. The van der Waals surface area contributed by atoms with Crippen LogP contribution in [0.2, 0.25) is 0 Å². The van der Waals surface area contributed by atoms with E-state index in [0.29, 0.717) is 26.5 Å². The fourth-order valence-corrected chi connectivity index (χ4v) is 6.93. The minimum absolute atomic E-state index is 0.468. The molecule has 0 radical (unpaired) electrons. The first kappa shape index (κ1) is 18.9. The number of aliphatic hydroxyl groups excluding tert-OH is 1. The third kappa shape index (κ3) is 2.62. The molecule has 5 rings (SSSR count). The van der Waals surface area contributed by atoms with Gasteiger partial charge >= 0.3 is 0 Å². The lowest BCUT2D eigenvalue weighted by Crippen LogP contribution is -2.39. The van der Waals surface area contributed by atoms with Crippen molar-refractivity contribution in [1.82, 2.24) is 0 Å². The first-order valence-corrected chi connectivity index (χ1v) is 11.8. The third-order valence-corrected chi connectivity index (χ3v) is 8.71. The quantitative estimate of drug-likeness (QED) is 0.437. The Kier molecular flexibility index (Phi) is 4.44. The van der Waals surface area contributed by atoms with Gasteiger partial charge in [0.25, 0.3) is 0 Å². The van der Waals surface area contributed by atoms with E-state index in [1.807, 2.05) is 66.7 Å². The van der Waals surface area contributed by atoms with Gasteiger partial charge in [0.2, 0.25) is 0 Å². The molecule has 4 heteroatoms. The number of hydrogen-bond donors (Lipinski definition) is 3. The fraction of sp³-hybridized carbons (Fsp3) is 0.0769. The number of thiol groups is 1. The second kappa shape index (κ2) is 7.03. The molecule has 0 saturated carbocycles. The molecule has 0 unspecified atom stereocenters. The Balaban J connectivity index is 1.74. The van der Waals surface area contributed by atoms with Crippen LogP contribution >= 0.6 is 0 Å². The lowest BCUT2D eigenvalue weighted by atomic mass is 9.79. The highest BCUT2D eigenvalue weighted by Crippen LogP contribution is 2.50. The van der Waals surface area contributed by atoms with E-state index in [0.717, 1.165) is 11.1 Å². The van der Waals surface area contributed by atoms with Gasteiger partial charge in [-0.05, 0) is 38.8 Å². The van der Waals surface area contributed by atoms with E-state index in [1.165, 1.54) is 0 Å². The Morgan fingerprint density at radius 3 is 1.63 bits per heavy atom. The van der Waals surface area contributed by atoms with Crippen LogP contribution in [0.5, 0.6) is 0 Å². The molecule has 4 aromatic rings. The summed E-state index contributed by atoms with van der Waals surface area (Å²) in [5.41, 5.74) is 2.53. The van der Waals surface area contributed by atoms with Crippen LogP contribution in [0.15, 0.2) is 113 Å². The maximum atomic E-state index is 13.8. The van der Waals surface area contributed by atoms with E-state index in [-0.39, 0.29) is 0 Å². The number of aliphatic hydroxyl groups is 2. The summed E-state index contributed by atoms with van der Waals surface area (Å²) >= 11 is 0. The zero-order valence-corrected chi connectivity index (χ0v) is 17.2. The van der Waals surface area contributed by atoms with Crippen LogP contribution in [0.4, 0.5) is 0 Å². The van der Waals surface area contributed by atoms with Gasteiger partial charge in [-0.1, -0.05) is 91.0 Å². The second-order valence-electron chi connectivity index (χ2n) is 7.57. The average molecular weight is 415 g/mol. The molecule has 30 heavy (non-hydrogen) atoms. The van der Waals surface area contributed by atoms with E-state index in [4.69, 9.17) is 0 Å². The summed E-state index contributed by atoms with van der Waals surface area (Å²) in [4.78, 5) is 1.03. The van der Waals surface area contributed by atoms with Crippen molar-refractivity contribution >= 4 is 9.93 Å². The Hall–Kier alpha value is -3.05. The third-order valence-electron chi connectivity index (χ3n) is 5.97. The van der Waals surface area contributed by atoms with Crippen molar-refractivity contribution in [2.24, 2.45) is 0 Å². The zero-order chi connectivity index (χ0) is 20.8. The molecule has 0 aliphatic carbocycles. The van der Waals surface area contributed by atoms with Crippen LogP contribution in [0.25, 0.3) is 11.1 Å². The van der Waals surface area contributed by atoms with E-state index in [9.17, 15) is 14.4 Å². The number of fused-ring (bicyclic) bond motifs is 2. The summed E-state index contributed by atoms with van der Waals surface area (Å²) in [5, 5.41) is 22.2. The molecule has 0 fully saturated rings. The molecular weight excluding hydrogens is 392 g/mol. The van der Waals surface area contributed by atoms with Gasteiger partial charge < -0.3 is 10.2 Å². The summed E-state index contributed by atoms with van der Waals surface area (Å²) in [6, 6.07) is 32.3. The topological polar surface area (TPSA) is 57.5 Å². The Bertz CT molecular complexity index is 1210. The summed E-state index contributed by atoms with van der Waals surface area (Å²) in [5.74, 6) is -0.468. The molecule has 4 aromatic carbocycles. The van der Waals surface area contributed by atoms with Gasteiger partial charge in [-0.2, -0.15) is 0 Å². The number of hydrogen-bond acceptors (Lipinski definition) is 3. The van der Waals surface area contributed by atoms with Crippen LogP contribution in [-0.4, -0.2) is 20.4 Å². The Labute approximate surface area is 176 Å². The molecule has 3 nitrogen and oxygen atoms in total. The largest absolute Gasteiger partial charge is 0.384 e. The summed E-state index contributed by atoms with van der Waals surface area (Å²) < 4.78 is 13.8. The second-order valence-corrected chi connectivity index (χ2v) is 10.3. The first-order chi connectivity index (χ1) is 14.6. The van der Waals surface area contributed by atoms with Crippen LogP contribution in [0, 0.1) is 0 Å². The van der Waals surface area contributed by atoms with Gasteiger partial charge in [-0.3, -0.25) is 4.21 Å². The predicted molar refractivity (Wildman–Crippen MR) is 120 cm³/mol. The smallest absolute Gasteiger partial charge is 0.142 e. The van der Waals surface area contributed by atoms with Gasteiger partial charge in [0.15, 0.2) is 0 Å². The number of benzene rings is 4. The van der Waals surface area contributed by atoms with Crippen LogP contribution < -0.4 is 0 Å². The SMILES string of the molecule is O=[SH]1(CO)c2ccccc2C(O)(c2ccc(-c3ccccc3)cc2)c2ccccc21. The maximum absolute atomic E-state index is 13.8. The molecule has 0 spiro atoms. The number of rotatable bonds is 3. The first-order valence-electron chi connectivity index (χ1n) is 9.87. The minimum Gasteiger partial charge on any atom is -0.384 e. The standard InChI is InChI=1S/C26H22O3S/c27-18-30(29)24-12-6-4-10-22(24)26(28,23-11-5-7-13-25(23)30)21-16-14-20(15-17-21)19-8-2-1-3-9-19/h1-17,27-28,30H,18H2. The highest BCUT2D eigenvalue weighted by atomic mass is 32.2. The van der Waals surface area contributed by atoms with Gasteiger partial charge in [0.1, 0.15) is 11.5 Å². The van der Waals surface area contributed by atoms with Crippen molar-refractivity contribution < 1.29 is 14.4 Å². The normalized spacial score (nSPS) is 20.1. The molecule has 0 aromatic heterocycles. The van der Waals surface area contributed by atoms with Crippen LogP contribution in [-0.2, 0) is 15.5 Å². The zero-order valence-electron chi connectivity index (χ0n) is 16.3. The van der Waals surface area contributed by atoms with Crippen molar-refractivity contribution in [2.75, 3.05) is 5.94 Å². The lowest BCUT2D eigenvalue weighted by Gasteiger charge is -2.42. The van der Waals surface area contributed by atoms with E-state index in [1.54, 1.807) is 36.4 Å². The molecule has 0 amide bonds. The molecule has 0 atom stereocenters. The molecule has 0 saturated heterocycles. The van der Waals surface area contributed by atoms with Crippen molar-refractivity contribution in [2.45, 2.75) is 15.4 Å². The van der Waals surface area contributed by atoms with Crippen LogP contribution in [0.3, 0.4) is 0 Å². The molecule has 1 heterocycles. The van der Waals surface area contributed by atoms with Crippen molar-refractivity contribution in [3.8, 4) is 11.1 Å². The van der Waals surface area contributed by atoms with E-state index in [2.05, 4.69) is 0 Å². The summed E-state index contributed by atoms with van der Waals surface area (Å²) in [7, 11) is -3.24. The lowest BCUT2D eigenvalue weighted by molar-refractivity contribution is 0.117. The summed E-state index contributed by atoms with van der Waals surface area (Å²) in [6.45, 7) is 0. The monoisotopic (exact) mass is 414 g/mol. The molecule has 2 N–H and O–H groups in total. The molecule has 150 valence electrons.